The maximum absolute atomic E-state index is 12.6. The van der Waals surface area contributed by atoms with E-state index in [2.05, 4.69) is 16.9 Å². The number of benzene rings is 1. The van der Waals surface area contributed by atoms with Gasteiger partial charge in [-0.1, -0.05) is 6.08 Å². The molecule has 0 atom stereocenters. The summed E-state index contributed by atoms with van der Waals surface area (Å²) in [4.78, 5) is 34.3. The second-order valence-electron chi connectivity index (χ2n) is 7.44. The number of hydrogen-bond donors (Lipinski definition) is 2. The third kappa shape index (κ3) is 4.29. The third-order valence-corrected chi connectivity index (χ3v) is 6.84. The molecule has 2 heterocycles. The van der Waals surface area contributed by atoms with E-state index in [4.69, 9.17) is 17.2 Å². The van der Waals surface area contributed by atoms with Gasteiger partial charge in [0.2, 0.25) is 0 Å². The lowest BCUT2D eigenvalue weighted by atomic mass is 10.0. The van der Waals surface area contributed by atoms with E-state index in [0.717, 1.165) is 25.7 Å². The number of carbonyl (C=O) groups excluding carboxylic acids is 1. The molecule has 0 saturated carbocycles. The van der Waals surface area contributed by atoms with Crippen molar-refractivity contribution in [2.75, 3.05) is 6.54 Å². The third-order valence-electron chi connectivity index (χ3n) is 5.30. The highest BCUT2D eigenvalue weighted by Crippen LogP contribution is 2.27. The maximum Gasteiger partial charge on any atom is 0.262 e. The molecular formula is C22H24N4O2S2. The number of aromatic amines is 1. The van der Waals surface area contributed by atoms with Gasteiger partial charge < -0.3 is 10.3 Å². The lowest BCUT2D eigenvalue weighted by Gasteiger charge is -2.08. The lowest BCUT2D eigenvalue weighted by Crippen LogP contribution is -2.25. The van der Waals surface area contributed by atoms with Gasteiger partial charge in [-0.15, -0.1) is 17.9 Å². The highest BCUT2D eigenvalue weighted by Gasteiger charge is 2.15. The van der Waals surface area contributed by atoms with Crippen molar-refractivity contribution in [1.29, 1.82) is 0 Å². The van der Waals surface area contributed by atoms with Crippen LogP contribution >= 0.6 is 23.6 Å². The quantitative estimate of drug-likeness (QED) is 0.331. The minimum absolute atomic E-state index is 0.162. The molecule has 2 aromatic heterocycles. The molecule has 3 aromatic rings. The molecule has 1 aliphatic carbocycles. The number of aryl methyl sites for hydroxylation is 3. The molecule has 6 nitrogen and oxygen atoms in total. The summed E-state index contributed by atoms with van der Waals surface area (Å²) in [6.45, 7) is 4.57. The zero-order valence-electron chi connectivity index (χ0n) is 16.7. The summed E-state index contributed by atoms with van der Waals surface area (Å²) in [5.74, 6) is -0.162. The topological polar surface area (TPSA) is 79.8 Å². The standard InChI is InChI=1S/C22H24N4O2S2/c1-2-12-26-21(28)15-10-9-14(13-17(15)25-22(26)29)20(27)23-11-5-8-19-24-16-6-3-4-7-18(16)30-19/h2,9-10,13H,1,3-8,11-12H2,(H,23,27)(H,25,29). The largest absolute Gasteiger partial charge is 0.352 e. The Morgan fingerprint density at radius 2 is 2.20 bits per heavy atom. The van der Waals surface area contributed by atoms with Crippen LogP contribution in [0.2, 0.25) is 0 Å². The SMILES string of the molecule is C=CCn1c(=S)[nH]c2cc(C(=O)NCCCc3nc4c(s3)CCCC4)ccc2c1=O. The second-order valence-corrected chi connectivity index (χ2v) is 8.99. The van der Waals surface area contributed by atoms with Crippen molar-refractivity contribution in [1.82, 2.24) is 19.9 Å². The fourth-order valence-electron chi connectivity index (χ4n) is 3.75. The van der Waals surface area contributed by atoms with E-state index in [1.807, 2.05) is 11.3 Å². The molecule has 4 rings (SSSR count). The first-order valence-corrected chi connectivity index (χ1v) is 11.4. The van der Waals surface area contributed by atoms with E-state index in [1.54, 1.807) is 24.3 Å². The molecule has 0 spiro atoms. The van der Waals surface area contributed by atoms with Gasteiger partial charge >= 0.3 is 0 Å². The monoisotopic (exact) mass is 440 g/mol. The van der Waals surface area contributed by atoms with Gasteiger partial charge in [0.1, 0.15) is 0 Å². The van der Waals surface area contributed by atoms with Crippen LogP contribution < -0.4 is 10.9 Å². The first-order chi connectivity index (χ1) is 14.6. The molecule has 0 aliphatic heterocycles. The van der Waals surface area contributed by atoms with Gasteiger partial charge in [0.05, 0.1) is 21.6 Å². The Balaban J connectivity index is 1.39. The van der Waals surface area contributed by atoms with E-state index in [-0.39, 0.29) is 11.5 Å². The number of rotatable bonds is 7. The number of thiazole rings is 1. The number of allylic oxidation sites excluding steroid dienone is 1. The number of nitrogens with zero attached hydrogens (tertiary/aromatic N) is 2. The fourth-order valence-corrected chi connectivity index (χ4v) is 5.21. The Morgan fingerprint density at radius 3 is 3.00 bits per heavy atom. The molecule has 2 N–H and O–H groups in total. The molecule has 0 unspecified atom stereocenters. The smallest absolute Gasteiger partial charge is 0.262 e. The average Bonchev–Trinajstić information content (AvgIpc) is 3.16. The van der Waals surface area contributed by atoms with Gasteiger partial charge in [-0.25, -0.2) is 4.98 Å². The molecule has 1 amide bonds. The molecule has 0 radical (unpaired) electrons. The molecule has 8 heteroatoms. The van der Waals surface area contributed by atoms with Crippen LogP contribution in [-0.2, 0) is 25.8 Å². The van der Waals surface area contributed by atoms with Crippen molar-refractivity contribution in [3.8, 4) is 0 Å². The Bertz CT molecular complexity index is 1200. The number of aromatic nitrogens is 3. The van der Waals surface area contributed by atoms with Crippen LogP contribution in [-0.4, -0.2) is 27.0 Å². The van der Waals surface area contributed by atoms with Crippen LogP contribution in [0.25, 0.3) is 10.9 Å². The summed E-state index contributed by atoms with van der Waals surface area (Å²) in [5.41, 5.74) is 2.16. The number of amides is 1. The van der Waals surface area contributed by atoms with Gasteiger partial charge in [0.15, 0.2) is 4.77 Å². The normalized spacial score (nSPS) is 13.2. The Hall–Kier alpha value is -2.58. The summed E-state index contributed by atoms with van der Waals surface area (Å²) in [7, 11) is 0. The molecule has 0 fully saturated rings. The average molecular weight is 441 g/mol. The minimum atomic E-state index is -0.188. The summed E-state index contributed by atoms with van der Waals surface area (Å²) in [6.07, 6.45) is 8.12. The van der Waals surface area contributed by atoms with E-state index >= 15 is 0 Å². The molecule has 1 aromatic carbocycles. The highest BCUT2D eigenvalue weighted by atomic mass is 32.1. The lowest BCUT2D eigenvalue weighted by molar-refractivity contribution is 0.0953. The van der Waals surface area contributed by atoms with E-state index in [0.29, 0.717) is 34.3 Å². The van der Waals surface area contributed by atoms with E-state index < -0.39 is 0 Å². The van der Waals surface area contributed by atoms with Crippen molar-refractivity contribution in [2.24, 2.45) is 0 Å². The van der Waals surface area contributed by atoms with Crippen LogP contribution in [0.1, 0.15) is 45.2 Å². The van der Waals surface area contributed by atoms with E-state index in [9.17, 15) is 9.59 Å². The number of carbonyl (C=O) groups is 1. The van der Waals surface area contributed by atoms with Crippen molar-refractivity contribution >= 4 is 40.4 Å². The van der Waals surface area contributed by atoms with Crippen molar-refractivity contribution in [3.63, 3.8) is 0 Å². The van der Waals surface area contributed by atoms with Gasteiger partial charge in [0, 0.05) is 30.0 Å². The van der Waals surface area contributed by atoms with E-state index in [1.165, 1.54) is 33.0 Å². The molecule has 1 aliphatic rings. The van der Waals surface area contributed by atoms with Crippen molar-refractivity contribution in [2.45, 2.75) is 45.1 Å². The molecule has 0 bridgehead atoms. The van der Waals surface area contributed by atoms with Crippen LogP contribution in [0.15, 0.2) is 35.6 Å². The van der Waals surface area contributed by atoms with Crippen molar-refractivity contribution in [3.05, 3.63) is 67.1 Å². The minimum Gasteiger partial charge on any atom is -0.352 e. The zero-order chi connectivity index (χ0) is 21.1. The molecular weight excluding hydrogens is 416 g/mol. The number of fused-ring (bicyclic) bond motifs is 2. The first kappa shape index (κ1) is 20.7. The van der Waals surface area contributed by atoms with Crippen LogP contribution in [0, 0.1) is 4.77 Å². The Kier molecular flexibility index (Phi) is 6.24. The number of hydrogen-bond acceptors (Lipinski definition) is 5. The Labute approximate surface area is 183 Å². The highest BCUT2D eigenvalue weighted by molar-refractivity contribution is 7.71. The zero-order valence-corrected chi connectivity index (χ0v) is 18.3. The first-order valence-electron chi connectivity index (χ1n) is 10.2. The molecule has 0 saturated heterocycles. The summed E-state index contributed by atoms with van der Waals surface area (Å²) in [6, 6.07) is 5.01. The predicted molar refractivity (Wildman–Crippen MR) is 123 cm³/mol. The maximum atomic E-state index is 12.6. The molecule has 156 valence electrons. The van der Waals surface area contributed by atoms with Crippen molar-refractivity contribution < 1.29 is 4.79 Å². The van der Waals surface area contributed by atoms with Crippen LogP contribution in [0.4, 0.5) is 0 Å². The molecule has 30 heavy (non-hydrogen) atoms. The van der Waals surface area contributed by atoms with Crippen LogP contribution in [0.5, 0.6) is 0 Å². The summed E-state index contributed by atoms with van der Waals surface area (Å²) in [5, 5.41) is 4.62. The number of nitrogens with one attached hydrogen (secondary N) is 2. The van der Waals surface area contributed by atoms with Crippen LogP contribution in [0.3, 0.4) is 0 Å². The predicted octanol–water partition coefficient (Wildman–Crippen LogP) is 3.94. The summed E-state index contributed by atoms with van der Waals surface area (Å²) < 4.78 is 1.76. The van der Waals surface area contributed by atoms with Gasteiger partial charge in [-0.2, -0.15) is 0 Å². The Morgan fingerprint density at radius 1 is 1.37 bits per heavy atom. The van der Waals surface area contributed by atoms with Gasteiger partial charge in [-0.05, 0) is 62.5 Å². The van der Waals surface area contributed by atoms with Gasteiger partial charge in [0.25, 0.3) is 11.5 Å². The summed E-state index contributed by atoms with van der Waals surface area (Å²) >= 11 is 7.08. The number of H-pyrrole nitrogens is 1. The fraction of sp³-hybridized carbons (Fsp3) is 0.364. The van der Waals surface area contributed by atoms with Gasteiger partial charge in [-0.3, -0.25) is 14.2 Å². The second kappa shape index (κ2) is 9.06.